The summed E-state index contributed by atoms with van der Waals surface area (Å²) in [6.45, 7) is 2.79. The molecule has 0 aliphatic heterocycles. The molecule has 3 aromatic carbocycles. The van der Waals surface area contributed by atoms with E-state index in [0.717, 1.165) is 40.8 Å². The van der Waals surface area contributed by atoms with Crippen molar-refractivity contribution in [3.05, 3.63) is 95.2 Å². The van der Waals surface area contributed by atoms with Gasteiger partial charge in [0, 0.05) is 10.9 Å². The molecular formula is C28H24F2N2O. The molecule has 0 bridgehead atoms. The van der Waals surface area contributed by atoms with E-state index in [1.54, 1.807) is 24.4 Å². The normalized spacial score (nSPS) is 10.8. The zero-order valence-electron chi connectivity index (χ0n) is 18.4. The molecule has 0 saturated heterocycles. The monoisotopic (exact) mass is 442 g/mol. The van der Waals surface area contributed by atoms with Gasteiger partial charge in [0.2, 0.25) is 0 Å². The predicted molar refractivity (Wildman–Crippen MR) is 126 cm³/mol. The van der Waals surface area contributed by atoms with Crippen molar-refractivity contribution in [3.63, 3.8) is 0 Å². The molecule has 0 aliphatic rings. The molecule has 0 fully saturated rings. The Morgan fingerprint density at radius 3 is 2.58 bits per heavy atom. The molecular weight excluding hydrogens is 418 g/mol. The van der Waals surface area contributed by atoms with Crippen molar-refractivity contribution in [1.82, 2.24) is 4.98 Å². The van der Waals surface area contributed by atoms with Crippen LogP contribution in [0.4, 0.5) is 8.78 Å². The largest absolute Gasteiger partial charge is 0.492 e. The third-order valence-electron chi connectivity index (χ3n) is 5.67. The number of hydrogen-bond acceptors (Lipinski definition) is 3. The second kappa shape index (κ2) is 10.2. The number of halogens is 2. The van der Waals surface area contributed by atoms with E-state index < -0.39 is 5.82 Å². The second-order valence-electron chi connectivity index (χ2n) is 7.98. The minimum atomic E-state index is -0.546. The van der Waals surface area contributed by atoms with Crippen molar-refractivity contribution < 1.29 is 13.5 Å². The molecule has 33 heavy (non-hydrogen) atoms. The summed E-state index contributed by atoms with van der Waals surface area (Å²) in [5, 5.41) is 10.2. The average Bonchev–Trinajstić information content (AvgIpc) is 2.84. The molecule has 0 radical (unpaired) electrons. The van der Waals surface area contributed by atoms with E-state index >= 15 is 4.39 Å². The van der Waals surface area contributed by atoms with Gasteiger partial charge in [0.15, 0.2) is 0 Å². The smallest absolute Gasteiger partial charge is 0.141 e. The maximum absolute atomic E-state index is 15.2. The number of nitrogens with zero attached hydrogens (tertiary/aromatic N) is 2. The first-order chi connectivity index (χ1) is 16.1. The van der Waals surface area contributed by atoms with Crippen molar-refractivity contribution in [2.75, 3.05) is 6.61 Å². The van der Waals surface area contributed by atoms with Crippen LogP contribution in [-0.4, -0.2) is 11.6 Å². The number of benzene rings is 3. The number of rotatable bonds is 8. The van der Waals surface area contributed by atoms with Crippen LogP contribution in [0.15, 0.2) is 66.9 Å². The number of nitriles is 1. The van der Waals surface area contributed by atoms with E-state index in [0.29, 0.717) is 30.4 Å². The van der Waals surface area contributed by atoms with Crippen LogP contribution in [0, 0.1) is 23.0 Å². The molecule has 4 aromatic rings. The van der Waals surface area contributed by atoms with Crippen LogP contribution in [0.5, 0.6) is 5.75 Å². The molecule has 1 aromatic heterocycles. The van der Waals surface area contributed by atoms with Crippen LogP contribution in [0.2, 0.25) is 0 Å². The summed E-state index contributed by atoms with van der Waals surface area (Å²) in [6, 6.07) is 19.4. The second-order valence-corrected chi connectivity index (χ2v) is 7.98. The Morgan fingerprint density at radius 1 is 0.970 bits per heavy atom. The lowest BCUT2D eigenvalue weighted by Crippen LogP contribution is -1.98. The zero-order valence-corrected chi connectivity index (χ0v) is 18.4. The number of aryl methyl sites for hydroxylation is 2. The van der Waals surface area contributed by atoms with Gasteiger partial charge >= 0.3 is 0 Å². The van der Waals surface area contributed by atoms with Gasteiger partial charge in [-0.2, -0.15) is 5.26 Å². The van der Waals surface area contributed by atoms with Crippen LogP contribution in [-0.2, 0) is 12.8 Å². The number of ether oxygens (including phenoxy) is 1. The van der Waals surface area contributed by atoms with Gasteiger partial charge in [-0.25, -0.2) is 8.78 Å². The fourth-order valence-corrected chi connectivity index (χ4v) is 3.74. The fourth-order valence-electron chi connectivity index (χ4n) is 3.74. The van der Waals surface area contributed by atoms with Gasteiger partial charge in [0.05, 0.1) is 24.1 Å². The van der Waals surface area contributed by atoms with E-state index in [9.17, 15) is 4.39 Å². The summed E-state index contributed by atoms with van der Waals surface area (Å²) in [5.41, 5.74) is 3.02. The van der Waals surface area contributed by atoms with Gasteiger partial charge in [-0.05, 0) is 66.1 Å². The maximum Gasteiger partial charge on any atom is 0.141 e. The first-order valence-electron chi connectivity index (χ1n) is 11.1. The summed E-state index contributed by atoms with van der Waals surface area (Å²) in [6.07, 6.45) is 4.72. The standard InChI is InChI=1S/C28H24F2N2O/c1-2-3-14-33-24-11-13-27(32-18-24)22-10-12-25-21(16-22)9-8-20(28(25)30)6-4-19-5-7-23(17-31)26(29)15-19/h5,7-13,15-16,18H,2-4,6,14H2,1H3. The molecule has 166 valence electrons. The van der Waals surface area contributed by atoms with Crippen LogP contribution >= 0.6 is 0 Å². The third-order valence-corrected chi connectivity index (χ3v) is 5.67. The maximum atomic E-state index is 15.2. The van der Waals surface area contributed by atoms with Crippen LogP contribution in [0.3, 0.4) is 0 Å². The van der Waals surface area contributed by atoms with Gasteiger partial charge in [-0.3, -0.25) is 4.98 Å². The Hall–Kier alpha value is -3.78. The third kappa shape index (κ3) is 5.18. The van der Waals surface area contributed by atoms with Crippen molar-refractivity contribution in [2.24, 2.45) is 0 Å². The summed E-state index contributed by atoms with van der Waals surface area (Å²) in [5.74, 6) is -0.0673. The molecule has 0 atom stereocenters. The lowest BCUT2D eigenvalue weighted by Gasteiger charge is -2.10. The molecule has 0 aliphatic carbocycles. The predicted octanol–water partition coefficient (Wildman–Crippen LogP) is 7.02. The number of aromatic nitrogens is 1. The SMILES string of the molecule is CCCCOc1ccc(-c2ccc3c(F)c(CCc4ccc(C#N)c(F)c4)ccc3c2)nc1. The minimum absolute atomic E-state index is 0.0135. The van der Waals surface area contributed by atoms with E-state index in [1.165, 1.54) is 12.1 Å². The Labute approximate surface area is 192 Å². The first-order valence-corrected chi connectivity index (χ1v) is 11.1. The summed E-state index contributed by atoms with van der Waals surface area (Å²) in [4.78, 5) is 4.49. The van der Waals surface area contributed by atoms with Crippen molar-refractivity contribution in [1.29, 1.82) is 5.26 Å². The highest BCUT2D eigenvalue weighted by molar-refractivity contribution is 5.88. The van der Waals surface area contributed by atoms with E-state index in [-0.39, 0.29) is 11.4 Å². The number of fused-ring (bicyclic) bond motifs is 1. The van der Waals surface area contributed by atoms with Crippen LogP contribution < -0.4 is 4.74 Å². The van der Waals surface area contributed by atoms with Gasteiger partial charge in [-0.1, -0.05) is 43.7 Å². The van der Waals surface area contributed by atoms with E-state index in [1.807, 2.05) is 36.4 Å². The molecule has 1 heterocycles. The summed E-state index contributed by atoms with van der Waals surface area (Å²) < 4.78 is 34.6. The van der Waals surface area contributed by atoms with Crippen molar-refractivity contribution in [2.45, 2.75) is 32.6 Å². The molecule has 3 nitrogen and oxygen atoms in total. The van der Waals surface area contributed by atoms with Crippen LogP contribution in [0.25, 0.3) is 22.0 Å². The van der Waals surface area contributed by atoms with Gasteiger partial charge in [0.25, 0.3) is 0 Å². The molecule has 0 spiro atoms. The average molecular weight is 443 g/mol. The van der Waals surface area contributed by atoms with E-state index in [2.05, 4.69) is 11.9 Å². The highest BCUT2D eigenvalue weighted by Crippen LogP contribution is 2.28. The fraction of sp³-hybridized carbons (Fsp3) is 0.214. The quantitative estimate of drug-likeness (QED) is 0.276. The highest BCUT2D eigenvalue weighted by atomic mass is 19.1. The number of unbranched alkanes of at least 4 members (excludes halogenated alkanes) is 1. The molecule has 4 rings (SSSR count). The van der Waals surface area contributed by atoms with E-state index in [4.69, 9.17) is 10.00 Å². The molecule has 0 amide bonds. The van der Waals surface area contributed by atoms with Gasteiger partial charge in [-0.15, -0.1) is 0 Å². The summed E-state index contributed by atoms with van der Waals surface area (Å²) in [7, 11) is 0. The molecule has 0 saturated carbocycles. The van der Waals surface area contributed by atoms with Gasteiger partial charge in [0.1, 0.15) is 23.5 Å². The highest BCUT2D eigenvalue weighted by Gasteiger charge is 2.11. The van der Waals surface area contributed by atoms with Crippen LogP contribution in [0.1, 0.15) is 36.5 Å². The Morgan fingerprint density at radius 2 is 1.85 bits per heavy atom. The van der Waals surface area contributed by atoms with Crippen molar-refractivity contribution in [3.8, 4) is 23.1 Å². The topological polar surface area (TPSA) is 45.9 Å². The van der Waals surface area contributed by atoms with Gasteiger partial charge < -0.3 is 4.74 Å². The Kier molecular flexibility index (Phi) is 6.95. The summed E-state index contributed by atoms with van der Waals surface area (Å²) >= 11 is 0. The lowest BCUT2D eigenvalue weighted by molar-refractivity contribution is 0.308. The minimum Gasteiger partial charge on any atom is -0.492 e. The molecule has 5 heteroatoms. The molecule has 0 unspecified atom stereocenters. The van der Waals surface area contributed by atoms with Crippen molar-refractivity contribution >= 4 is 10.8 Å². The Bertz CT molecular complexity index is 1310. The number of hydrogen-bond donors (Lipinski definition) is 0. The zero-order chi connectivity index (χ0) is 23.2. The lowest BCUT2D eigenvalue weighted by atomic mass is 9.98. The number of pyridine rings is 1. The Balaban J connectivity index is 1.50. The first kappa shape index (κ1) is 22.4. The molecule has 0 N–H and O–H groups in total.